The summed E-state index contributed by atoms with van der Waals surface area (Å²) in [5.74, 6) is 1.15. The molecule has 0 aliphatic heterocycles. The van der Waals surface area contributed by atoms with E-state index in [1.807, 2.05) is 0 Å². The molecule has 0 amide bonds. The molecule has 1 atom stereocenters. The highest BCUT2D eigenvalue weighted by atomic mass is 19.4. The quantitative estimate of drug-likeness (QED) is 0.707. The normalized spacial score (nSPS) is 19.8. The van der Waals surface area contributed by atoms with Crippen LogP contribution in [0, 0.1) is 11.8 Å². The number of alkyl halides is 3. The minimum atomic E-state index is -4.21. The zero-order chi connectivity index (χ0) is 12.7. The van der Waals surface area contributed by atoms with E-state index in [2.05, 4.69) is 4.74 Å². The van der Waals surface area contributed by atoms with Gasteiger partial charge in [0.1, 0.15) is 6.61 Å². The summed E-state index contributed by atoms with van der Waals surface area (Å²) < 4.78 is 40.0. The van der Waals surface area contributed by atoms with E-state index in [1.165, 1.54) is 25.7 Å². The Labute approximate surface area is 101 Å². The van der Waals surface area contributed by atoms with E-state index < -0.39 is 12.8 Å². The Hall–Kier alpha value is -0.290. The van der Waals surface area contributed by atoms with Crippen LogP contribution in [0.2, 0.25) is 0 Å². The first kappa shape index (κ1) is 14.8. The molecule has 1 unspecified atom stereocenters. The predicted octanol–water partition coefficient (Wildman–Crippen LogP) is 3.11. The van der Waals surface area contributed by atoms with Gasteiger partial charge in [0.05, 0.1) is 0 Å². The molecule has 1 fully saturated rings. The first-order valence-corrected chi connectivity index (χ1v) is 6.37. The van der Waals surface area contributed by atoms with Crippen LogP contribution in [-0.4, -0.2) is 25.9 Å². The summed E-state index contributed by atoms with van der Waals surface area (Å²) >= 11 is 0. The summed E-state index contributed by atoms with van der Waals surface area (Å²) in [6, 6.07) is 0. The molecule has 2 nitrogen and oxygen atoms in total. The first-order valence-electron chi connectivity index (χ1n) is 6.37. The number of halogens is 3. The summed E-state index contributed by atoms with van der Waals surface area (Å²) in [6.45, 7) is -0.309. The third kappa shape index (κ3) is 6.27. The van der Waals surface area contributed by atoms with Crippen molar-refractivity contribution in [3.05, 3.63) is 0 Å². The van der Waals surface area contributed by atoms with E-state index in [1.54, 1.807) is 0 Å². The molecule has 0 aromatic rings. The maximum atomic E-state index is 11.8. The van der Waals surface area contributed by atoms with Gasteiger partial charge in [-0.3, -0.25) is 0 Å². The van der Waals surface area contributed by atoms with Crippen molar-refractivity contribution in [2.45, 2.75) is 44.7 Å². The van der Waals surface area contributed by atoms with Gasteiger partial charge >= 0.3 is 6.18 Å². The molecule has 0 heterocycles. The molecule has 1 aliphatic carbocycles. The lowest BCUT2D eigenvalue weighted by Crippen LogP contribution is -2.23. The van der Waals surface area contributed by atoms with E-state index in [9.17, 15) is 13.2 Å². The van der Waals surface area contributed by atoms with Gasteiger partial charge in [0, 0.05) is 6.61 Å². The van der Waals surface area contributed by atoms with E-state index in [0.717, 1.165) is 6.42 Å². The largest absolute Gasteiger partial charge is 0.411 e. The third-order valence-electron chi connectivity index (χ3n) is 3.50. The number of hydrogen-bond donors (Lipinski definition) is 1. The molecule has 0 bridgehead atoms. The molecule has 0 spiro atoms. The molecule has 2 N–H and O–H groups in total. The van der Waals surface area contributed by atoms with Crippen molar-refractivity contribution < 1.29 is 17.9 Å². The molecule has 0 aromatic carbocycles. The third-order valence-corrected chi connectivity index (χ3v) is 3.50. The molecular formula is C12H22F3NO. The lowest BCUT2D eigenvalue weighted by atomic mass is 9.87. The Morgan fingerprint density at radius 1 is 1.24 bits per heavy atom. The Balaban J connectivity index is 2.07. The van der Waals surface area contributed by atoms with Crippen LogP contribution in [0.3, 0.4) is 0 Å². The lowest BCUT2D eigenvalue weighted by Gasteiger charge is -2.21. The van der Waals surface area contributed by atoms with Crippen LogP contribution < -0.4 is 5.73 Å². The molecule has 0 saturated heterocycles. The molecule has 1 saturated carbocycles. The van der Waals surface area contributed by atoms with Gasteiger partial charge in [0.15, 0.2) is 0 Å². The van der Waals surface area contributed by atoms with Gasteiger partial charge in [-0.05, 0) is 31.2 Å². The first-order chi connectivity index (χ1) is 8.03. The van der Waals surface area contributed by atoms with Gasteiger partial charge < -0.3 is 10.5 Å². The maximum Gasteiger partial charge on any atom is 0.411 e. The number of hydrogen-bond acceptors (Lipinski definition) is 2. The summed E-state index contributed by atoms with van der Waals surface area (Å²) in [7, 11) is 0. The molecule has 1 rings (SSSR count). The second-order valence-corrected chi connectivity index (χ2v) is 4.85. The maximum absolute atomic E-state index is 11.8. The van der Waals surface area contributed by atoms with Crippen LogP contribution in [-0.2, 0) is 4.74 Å². The topological polar surface area (TPSA) is 35.2 Å². The number of rotatable bonds is 7. The summed E-state index contributed by atoms with van der Waals surface area (Å²) in [5.41, 5.74) is 5.72. The van der Waals surface area contributed by atoms with Crippen molar-refractivity contribution in [3.8, 4) is 0 Å². The van der Waals surface area contributed by atoms with Gasteiger partial charge in [-0.2, -0.15) is 13.2 Å². The average molecular weight is 253 g/mol. The van der Waals surface area contributed by atoms with Crippen molar-refractivity contribution in [2.75, 3.05) is 19.8 Å². The van der Waals surface area contributed by atoms with Crippen LogP contribution in [0.15, 0.2) is 0 Å². The second kappa shape index (κ2) is 7.21. The van der Waals surface area contributed by atoms with Gasteiger partial charge in [-0.25, -0.2) is 0 Å². The molecule has 0 radical (unpaired) electrons. The van der Waals surface area contributed by atoms with Gasteiger partial charge in [-0.1, -0.05) is 25.7 Å². The van der Waals surface area contributed by atoms with Crippen LogP contribution in [0.5, 0.6) is 0 Å². The monoisotopic (exact) mass is 253 g/mol. The van der Waals surface area contributed by atoms with Gasteiger partial charge in [0.2, 0.25) is 0 Å². The average Bonchev–Trinajstić information content (AvgIpc) is 2.75. The van der Waals surface area contributed by atoms with Gasteiger partial charge in [0.25, 0.3) is 0 Å². The molecule has 5 heteroatoms. The highest BCUT2D eigenvalue weighted by Crippen LogP contribution is 2.33. The standard InChI is InChI=1S/C12H22F3NO/c13-12(14,15)9-17-7-3-6-11(8-16)10-4-1-2-5-10/h10-11H,1-9,16H2. The molecule has 17 heavy (non-hydrogen) atoms. The lowest BCUT2D eigenvalue weighted by molar-refractivity contribution is -0.174. The highest BCUT2D eigenvalue weighted by molar-refractivity contribution is 4.76. The van der Waals surface area contributed by atoms with E-state index in [0.29, 0.717) is 24.8 Å². The fraction of sp³-hybridized carbons (Fsp3) is 1.00. The van der Waals surface area contributed by atoms with Crippen LogP contribution in [0.1, 0.15) is 38.5 Å². The van der Waals surface area contributed by atoms with E-state index in [-0.39, 0.29) is 6.61 Å². The minimum absolute atomic E-state index is 0.183. The van der Waals surface area contributed by atoms with Gasteiger partial charge in [-0.15, -0.1) is 0 Å². The fourth-order valence-corrected chi connectivity index (χ4v) is 2.61. The fourth-order valence-electron chi connectivity index (χ4n) is 2.61. The Morgan fingerprint density at radius 2 is 1.88 bits per heavy atom. The molecular weight excluding hydrogens is 231 g/mol. The summed E-state index contributed by atoms with van der Waals surface area (Å²) in [6.07, 6.45) is 2.35. The van der Waals surface area contributed by atoms with Crippen LogP contribution >= 0.6 is 0 Å². The zero-order valence-corrected chi connectivity index (χ0v) is 10.1. The predicted molar refractivity (Wildman–Crippen MR) is 60.6 cm³/mol. The van der Waals surface area contributed by atoms with Crippen LogP contribution in [0.25, 0.3) is 0 Å². The van der Waals surface area contributed by atoms with E-state index in [4.69, 9.17) is 5.73 Å². The summed E-state index contributed by atoms with van der Waals surface area (Å²) in [4.78, 5) is 0. The smallest absolute Gasteiger partial charge is 0.372 e. The number of nitrogens with two attached hydrogens (primary N) is 1. The molecule has 102 valence electrons. The summed E-state index contributed by atoms with van der Waals surface area (Å²) in [5, 5.41) is 0. The minimum Gasteiger partial charge on any atom is -0.372 e. The number of ether oxygens (including phenoxy) is 1. The van der Waals surface area contributed by atoms with Crippen molar-refractivity contribution in [3.63, 3.8) is 0 Å². The Kier molecular flexibility index (Phi) is 6.27. The van der Waals surface area contributed by atoms with Crippen molar-refractivity contribution in [1.29, 1.82) is 0 Å². The van der Waals surface area contributed by atoms with Crippen molar-refractivity contribution in [1.82, 2.24) is 0 Å². The van der Waals surface area contributed by atoms with E-state index >= 15 is 0 Å². The highest BCUT2D eigenvalue weighted by Gasteiger charge is 2.27. The molecule has 0 aromatic heterocycles. The van der Waals surface area contributed by atoms with Crippen LogP contribution in [0.4, 0.5) is 13.2 Å². The SMILES string of the molecule is NCC(CCCOCC(F)(F)F)C1CCCC1. The molecule has 1 aliphatic rings. The zero-order valence-electron chi connectivity index (χ0n) is 10.1. The second-order valence-electron chi connectivity index (χ2n) is 4.85. The van der Waals surface area contributed by atoms with Crippen molar-refractivity contribution >= 4 is 0 Å². The van der Waals surface area contributed by atoms with Crippen molar-refractivity contribution in [2.24, 2.45) is 17.6 Å². The Morgan fingerprint density at radius 3 is 2.41 bits per heavy atom. The Bertz CT molecular complexity index is 202.